The van der Waals surface area contributed by atoms with E-state index < -0.39 is 5.41 Å². The van der Waals surface area contributed by atoms with Crippen LogP contribution in [0.1, 0.15) is 47.2 Å². The van der Waals surface area contributed by atoms with Gasteiger partial charge in [0.2, 0.25) is 0 Å². The Morgan fingerprint density at radius 3 is 1.68 bits per heavy atom. The highest BCUT2D eigenvalue weighted by molar-refractivity contribution is 6.09. The smallest absolute Gasteiger partial charge is 0.0781 e. The van der Waals surface area contributed by atoms with Crippen molar-refractivity contribution in [2.75, 3.05) is 9.80 Å². The molecule has 68 heavy (non-hydrogen) atoms. The van der Waals surface area contributed by atoms with Crippen molar-refractivity contribution in [3.05, 3.63) is 288 Å². The van der Waals surface area contributed by atoms with Crippen LogP contribution in [0, 0.1) is 0 Å². The van der Waals surface area contributed by atoms with Gasteiger partial charge in [0.15, 0.2) is 0 Å². The molecule has 11 aromatic rings. The maximum Gasteiger partial charge on any atom is 0.0781 e. The van der Waals surface area contributed by atoms with Gasteiger partial charge in [0.1, 0.15) is 0 Å². The first-order chi connectivity index (χ1) is 33.5. The first-order valence-corrected chi connectivity index (χ1v) is 23.8. The summed E-state index contributed by atoms with van der Waals surface area (Å²) in [6.07, 6.45) is 0. The van der Waals surface area contributed by atoms with E-state index in [0.29, 0.717) is 0 Å². The van der Waals surface area contributed by atoms with E-state index in [4.69, 9.17) is 0 Å². The minimum atomic E-state index is -0.544. The topological polar surface area (TPSA) is 6.48 Å². The normalized spacial score (nSPS) is 13.9. The maximum absolute atomic E-state index is 2.56. The van der Waals surface area contributed by atoms with Gasteiger partial charge in [-0.1, -0.05) is 214 Å². The molecule has 0 saturated heterocycles. The fourth-order valence-electron chi connectivity index (χ4n) is 11.7. The third-order valence-electron chi connectivity index (χ3n) is 14.9. The van der Waals surface area contributed by atoms with Crippen molar-refractivity contribution in [2.45, 2.75) is 24.7 Å². The second-order valence-corrected chi connectivity index (χ2v) is 18.9. The lowest BCUT2D eigenvalue weighted by Gasteiger charge is -2.44. The lowest BCUT2D eigenvalue weighted by Crippen LogP contribution is -2.31. The van der Waals surface area contributed by atoms with Crippen LogP contribution >= 0.6 is 0 Å². The third-order valence-corrected chi connectivity index (χ3v) is 14.9. The minimum absolute atomic E-state index is 0.285. The average molecular weight is 869 g/mol. The first kappa shape index (κ1) is 39.9. The molecule has 0 amide bonds. The minimum Gasteiger partial charge on any atom is -0.308 e. The molecule has 2 nitrogen and oxygen atoms in total. The molecule has 0 fully saturated rings. The van der Waals surface area contributed by atoms with Crippen LogP contribution in [0.25, 0.3) is 43.8 Å². The molecular weight excluding hydrogens is 821 g/mol. The highest BCUT2D eigenvalue weighted by Crippen LogP contribution is 2.60. The Morgan fingerprint density at radius 2 is 0.912 bits per heavy atom. The summed E-state index contributed by atoms with van der Waals surface area (Å²) in [7, 11) is 0. The molecule has 0 unspecified atom stereocenters. The SMILES string of the molecule is CC1(C)c2ccccc2N(c2c(N(c3ccccc3)c3ccc4c(c3)C(c3ccccc3)(c3ccccc3)c3ccccc3-4)ccc3ccccc23)c2ccc(-c3ccc4ccccc4c3)cc21. The van der Waals surface area contributed by atoms with Gasteiger partial charge in [0.05, 0.1) is 28.2 Å². The van der Waals surface area contributed by atoms with E-state index in [1.165, 1.54) is 88.6 Å². The molecule has 0 bridgehead atoms. The van der Waals surface area contributed by atoms with Gasteiger partial charge < -0.3 is 9.80 Å². The Morgan fingerprint density at radius 1 is 0.353 bits per heavy atom. The molecule has 0 spiro atoms. The summed E-state index contributed by atoms with van der Waals surface area (Å²) >= 11 is 0. The second-order valence-electron chi connectivity index (χ2n) is 18.9. The second kappa shape index (κ2) is 15.6. The Balaban J connectivity index is 1.08. The Hall–Kier alpha value is -8.46. The lowest BCUT2D eigenvalue weighted by molar-refractivity contribution is 0.632. The van der Waals surface area contributed by atoms with Gasteiger partial charge in [-0.15, -0.1) is 0 Å². The number of anilines is 6. The van der Waals surface area contributed by atoms with Crippen LogP contribution in [0.3, 0.4) is 0 Å². The number of para-hydroxylation sites is 2. The summed E-state index contributed by atoms with van der Waals surface area (Å²) in [5, 5.41) is 4.87. The fraction of sp³-hybridized carbons (Fsp3) is 0.0606. The zero-order valence-electron chi connectivity index (χ0n) is 38.1. The molecule has 322 valence electrons. The lowest BCUT2D eigenvalue weighted by atomic mass is 9.67. The predicted molar refractivity (Wildman–Crippen MR) is 286 cm³/mol. The van der Waals surface area contributed by atoms with Crippen molar-refractivity contribution < 1.29 is 0 Å². The van der Waals surface area contributed by atoms with Crippen LogP contribution in [0.2, 0.25) is 0 Å². The number of nitrogens with zero attached hydrogens (tertiary/aromatic N) is 2. The molecule has 1 aliphatic carbocycles. The van der Waals surface area contributed by atoms with E-state index in [9.17, 15) is 0 Å². The Labute approximate surface area is 398 Å². The largest absolute Gasteiger partial charge is 0.308 e. The molecule has 0 atom stereocenters. The summed E-state index contributed by atoms with van der Waals surface area (Å²) in [5.41, 5.74) is 18.5. The molecular formula is C66H48N2. The van der Waals surface area contributed by atoms with E-state index in [2.05, 4.69) is 278 Å². The van der Waals surface area contributed by atoms with Gasteiger partial charge in [-0.25, -0.2) is 0 Å². The van der Waals surface area contributed by atoms with Crippen molar-refractivity contribution >= 4 is 55.7 Å². The molecule has 0 aromatic heterocycles. The van der Waals surface area contributed by atoms with Crippen LogP contribution in [0.15, 0.2) is 255 Å². The molecule has 2 aliphatic rings. The van der Waals surface area contributed by atoms with E-state index in [-0.39, 0.29) is 5.41 Å². The zero-order chi connectivity index (χ0) is 45.4. The van der Waals surface area contributed by atoms with Gasteiger partial charge >= 0.3 is 0 Å². The first-order valence-electron chi connectivity index (χ1n) is 23.8. The molecule has 1 heterocycles. The highest BCUT2D eigenvalue weighted by atomic mass is 15.2. The van der Waals surface area contributed by atoms with Crippen molar-refractivity contribution in [1.29, 1.82) is 0 Å². The van der Waals surface area contributed by atoms with E-state index in [1.807, 2.05) is 0 Å². The number of fused-ring (bicyclic) bond motifs is 7. The van der Waals surface area contributed by atoms with Gasteiger partial charge in [0, 0.05) is 22.2 Å². The molecule has 13 rings (SSSR count). The summed E-state index contributed by atoms with van der Waals surface area (Å²) in [5.74, 6) is 0. The number of hydrogen-bond acceptors (Lipinski definition) is 2. The third kappa shape index (κ3) is 5.97. The van der Waals surface area contributed by atoms with E-state index >= 15 is 0 Å². The van der Waals surface area contributed by atoms with Gasteiger partial charge in [-0.05, 0) is 126 Å². The zero-order valence-corrected chi connectivity index (χ0v) is 38.1. The molecule has 2 heteroatoms. The number of rotatable bonds is 7. The fourth-order valence-corrected chi connectivity index (χ4v) is 11.7. The monoisotopic (exact) mass is 868 g/mol. The Bertz CT molecular complexity index is 3680. The van der Waals surface area contributed by atoms with Crippen molar-refractivity contribution in [2.24, 2.45) is 0 Å². The number of hydrogen-bond donors (Lipinski definition) is 0. The van der Waals surface area contributed by atoms with Crippen LogP contribution in [-0.4, -0.2) is 0 Å². The summed E-state index contributed by atoms with van der Waals surface area (Å²) < 4.78 is 0. The van der Waals surface area contributed by atoms with Crippen molar-refractivity contribution in [3.8, 4) is 22.3 Å². The average Bonchev–Trinajstić information content (AvgIpc) is 3.70. The molecule has 1 aliphatic heterocycles. The number of benzene rings is 11. The quantitative estimate of drug-likeness (QED) is 0.157. The van der Waals surface area contributed by atoms with Gasteiger partial charge in [0.25, 0.3) is 0 Å². The van der Waals surface area contributed by atoms with E-state index in [1.54, 1.807) is 0 Å². The molecule has 0 N–H and O–H groups in total. The standard InChI is InChI=1S/C66H48N2/c1-65(2)58-32-18-19-33-61(58)68(62-40-37-49(43-60(62)65)48-35-34-45-20-12-13-22-47(45)42-48)64-54-29-15-14-21-46(54)36-41-63(64)67(52-27-10-5-11-28-52)53-38-39-56-55-30-16-17-31-57(55)66(59(56)44-53,50-23-6-3-7-24-50)51-25-8-4-9-26-51/h3-44H,1-2H3. The summed E-state index contributed by atoms with van der Waals surface area (Å²) in [6.45, 7) is 4.78. The molecule has 11 aromatic carbocycles. The van der Waals surface area contributed by atoms with Crippen LogP contribution in [0.4, 0.5) is 34.1 Å². The molecule has 0 saturated carbocycles. The summed E-state index contributed by atoms with van der Waals surface area (Å²) in [6, 6.07) is 94.6. The highest BCUT2D eigenvalue weighted by Gasteiger charge is 2.46. The van der Waals surface area contributed by atoms with Crippen LogP contribution in [0.5, 0.6) is 0 Å². The van der Waals surface area contributed by atoms with Crippen LogP contribution in [-0.2, 0) is 10.8 Å². The van der Waals surface area contributed by atoms with Crippen molar-refractivity contribution in [1.82, 2.24) is 0 Å². The maximum atomic E-state index is 2.56. The van der Waals surface area contributed by atoms with Crippen molar-refractivity contribution in [3.63, 3.8) is 0 Å². The van der Waals surface area contributed by atoms with Crippen LogP contribution < -0.4 is 9.80 Å². The predicted octanol–water partition coefficient (Wildman–Crippen LogP) is 17.6. The Kier molecular flexibility index (Phi) is 9.13. The summed E-state index contributed by atoms with van der Waals surface area (Å²) in [4.78, 5) is 5.06. The van der Waals surface area contributed by atoms with Gasteiger partial charge in [-0.2, -0.15) is 0 Å². The van der Waals surface area contributed by atoms with Gasteiger partial charge in [-0.3, -0.25) is 0 Å². The van der Waals surface area contributed by atoms with E-state index in [0.717, 1.165) is 22.7 Å². The molecule has 0 radical (unpaired) electrons.